The second-order valence-corrected chi connectivity index (χ2v) is 6.68. The lowest BCUT2D eigenvalue weighted by molar-refractivity contribution is 0.173. The molecule has 0 amide bonds. The minimum absolute atomic E-state index is 0.700. The van der Waals surface area contributed by atoms with Gasteiger partial charge in [-0.15, -0.1) is 0 Å². The predicted molar refractivity (Wildman–Crippen MR) is 73.2 cm³/mol. The zero-order valence-corrected chi connectivity index (χ0v) is 11.6. The summed E-state index contributed by atoms with van der Waals surface area (Å²) in [5.41, 5.74) is 0. The van der Waals surface area contributed by atoms with Crippen molar-refractivity contribution in [1.29, 1.82) is 0 Å². The molecule has 2 aliphatic heterocycles. The molecular weight excluding hydrogens is 216 g/mol. The Hall–Kier alpha value is 0.270. The normalized spacial score (nSPS) is 34.9. The first-order valence-electron chi connectivity index (χ1n) is 6.78. The Bertz CT molecular complexity index is 204. The summed E-state index contributed by atoms with van der Waals surface area (Å²) in [6.07, 6.45) is 5.59. The van der Waals surface area contributed by atoms with Crippen molar-refractivity contribution < 1.29 is 0 Å². The molecule has 2 aliphatic rings. The van der Waals surface area contributed by atoms with Gasteiger partial charge < -0.3 is 10.2 Å². The van der Waals surface area contributed by atoms with Gasteiger partial charge in [0.1, 0.15) is 0 Å². The Kier molecular flexibility index (Phi) is 4.98. The SMILES string of the molecule is CC(NC1CCCSC1)C1CCCN(C)C1. The summed E-state index contributed by atoms with van der Waals surface area (Å²) in [5, 5.41) is 3.86. The van der Waals surface area contributed by atoms with Crippen LogP contribution in [0.25, 0.3) is 0 Å². The molecule has 0 aromatic rings. The molecule has 16 heavy (non-hydrogen) atoms. The molecule has 2 fully saturated rings. The van der Waals surface area contributed by atoms with Gasteiger partial charge in [-0.3, -0.25) is 0 Å². The minimum atomic E-state index is 0.700. The monoisotopic (exact) mass is 242 g/mol. The molecule has 0 spiro atoms. The number of piperidine rings is 1. The zero-order chi connectivity index (χ0) is 11.4. The van der Waals surface area contributed by atoms with Gasteiger partial charge in [-0.2, -0.15) is 11.8 Å². The molecule has 0 aliphatic carbocycles. The van der Waals surface area contributed by atoms with Gasteiger partial charge in [-0.05, 0) is 57.9 Å². The van der Waals surface area contributed by atoms with Gasteiger partial charge in [0.05, 0.1) is 0 Å². The molecule has 0 aromatic carbocycles. The van der Waals surface area contributed by atoms with Crippen molar-refractivity contribution in [2.45, 2.75) is 44.7 Å². The Morgan fingerprint density at radius 2 is 2.19 bits per heavy atom. The largest absolute Gasteiger partial charge is 0.310 e. The van der Waals surface area contributed by atoms with Crippen LogP contribution in [0, 0.1) is 5.92 Å². The second kappa shape index (κ2) is 6.27. The number of nitrogens with one attached hydrogen (secondary N) is 1. The molecule has 0 aromatic heterocycles. The first-order valence-corrected chi connectivity index (χ1v) is 7.93. The molecule has 2 nitrogen and oxygen atoms in total. The molecule has 3 heteroatoms. The van der Waals surface area contributed by atoms with Crippen LogP contribution in [-0.2, 0) is 0 Å². The van der Waals surface area contributed by atoms with E-state index in [-0.39, 0.29) is 0 Å². The average molecular weight is 242 g/mol. The van der Waals surface area contributed by atoms with Crippen LogP contribution in [0.5, 0.6) is 0 Å². The number of rotatable bonds is 3. The third-order valence-corrected chi connectivity index (χ3v) is 5.24. The van der Waals surface area contributed by atoms with Gasteiger partial charge in [0.15, 0.2) is 0 Å². The van der Waals surface area contributed by atoms with Gasteiger partial charge in [0, 0.05) is 24.4 Å². The van der Waals surface area contributed by atoms with Gasteiger partial charge in [-0.1, -0.05) is 0 Å². The van der Waals surface area contributed by atoms with E-state index in [0.717, 1.165) is 12.0 Å². The lowest BCUT2D eigenvalue weighted by Gasteiger charge is -2.36. The third kappa shape index (κ3) is 3.64. The highest BCUT2D eigenvalue weighted by atomic mass is 32.2. The van der Waals surface area contributed by atoms with Crippen molar-refractivity contribution >= 4 is 11.8 Å². The van der Waals surface area contributed by atoms with Crippen LogP contribution in [0.15, 0.2) is 0 Å². The van der Waals surface area contributed by atoms with Crippen molar-refractivity contribution in [3.8, 4) is 0 Å². The highest BCUT2D eigenvalue weighted by Crippen LogP contribution is 2.22. The van der Waals surface area contributed by atoms with E-state index in [1.807, 2.05) is 0 Å². The van der Waals surface area contributed by atoms with Crippen molar-refractivity contribution in [3.63, 3.8) is 0 Å². The fourth-order valence-electron chi connectivity index (χ4n) is 2.99. The smallest absolute Gasteiger partial charge is 0.0161 e. The van der Waals surface area contributed by atoms with Crippen molar-refractivity contribution in [2.75, 3.05) is 31.6 Å². The van der Waals surface area contributed by atoms with E-state index in [2.05, 4.69) is 35.9 Å². The van der Waals surface area contributed by atoms with E-state index in [1.54, 1.807) is 0 Å². The Morgan fingerprint density at radius 1 is 1.31 bits per heavy atom. The highest BCUT2D eigenvalue weighted by molar-refractivity contribution is 7.99. The Morgan fingerprint density at radius 3 is 2.88 bits per heavy atom. The van der Waals surface area contributed by atoms with Gasteiger partial charge in [-0.25, -0.2) is 0 Å². The van der Waals surface area contributed by atoms with Crippen LogP contribution < -0.4 is 5.32 Å². The second-order valence-electron chi connectivity index (χ2n) is 5.53. The molecule has 0 saturated carbocycles. The summed E-state index contributed by atoms with van der Waals surface area (Å²) >= 11 is 2.12. The molecule has 0 bridgehead atoms. The van der Waals surface area contributed by atoms with E-state index in [0.29, 0.717) is 6.04 Å². The van der Waals surface area contributed by atoms with Crippen LogP contribution >= 0.6 is 11.8 Å². The lowest BCUT2D eigenvalue weighted by Crippen LogP contribution is -2.47. The molecular formula is C13H26N2S. The highest BCUT2D eigenvalue weighted by Gasteiger charge is 2.25. The lowest BCUT2D eigenvalue weighted by atomic mass is 9.91. The van der Waals surface area contributed by atoms with E-state index in [1.165, 1.54) is 50.3 Å². The maximum atomic E-state index is 3.86. The molecule has 2 rings (SSSR count). The van der Waals surface area contributed by atoms with Crippen LogP contribution in [0.4, 0.5) is 0 Å². The molecule has 3 unspecified atom stereocenters. The van der Waals surface area contributed by atoms with E-state index in [4.69, 9.17) is 0 Å². The van der Waals surface area contributed by atoms with E-state index < -0.39 is 0 Å². The van der Waals surface area contributed by atoms with Crippen LogP contribution in [0.3, 0.4) is 0 Å². The van der Waals surface area contributed by atoms with Gasteiger partial charge >= 0.3 is 0 Å². The molecule has 0 radical (unpaired) electrons. The first-order chi connectivity index (χ1) is 7.75. The summed E-state index contributed by atoms with van der Waals surface area (Å²) in [7, 11) is 2.26. The summed E-state index contributed by atoms with van der Waals surface area (Å²) < 4.78 is 0. The van der Waals surface area contributed by atoms with Gasteiger partial charge in [0.2, 0.25) is 0 Å². The van der Waals surface area contributed by atoms with Crippen molar-refractivity contribution in [2.24, 2.45) is 5.92 Å². The summed E-state index contributed by atoms with van der Waals surface area (Å²) in [5.74, 6) is 3.57. The first kappa shape index (κ1) is 12.7. The molecule has 3 atom stereocenters. The fraction of sp³-hybridized carbons (Fsp3) is 1.00. The average Bonchev–Trinajstić information content (AvgIpc) is 2.30. The standard InChI is InChI=1S/C13H26N2S/c1-11(12-5-3-7-15(2)9-12)14-13-6-4-8-16-10-13/h11-14H,3-10H2,1-2H3. The molecule has 1 N–H and O–H groups in total. The maximum absolute atomic E-state index is 3.86. The number of hydrogen-bond donors (Lipinski definition) is 1. The fourth-order valence-corrected chi connectivity index (χ4v) is 4.08. The topological polar surface area (TPSA) is 15.3 Å². The van der Waals surface area contributed by atoms with Crippen molar-refractivity contribution in [3.05, 3.63) is 0 Å². The number of hydrogen-bond acceptors (Lipinski definition) is 3. The Labute approximate surface area is 105 Å². The number of nitrogens with zero attached hydrogens (tertiary/aromatic N) is 1. The maximum Gasteiger partial charge on any atom is 0.0161 e. The van der Waals surface area contributed by atoms with Crippen LogP contribution in [0.2, 0.25) is 0 Å². The quantitative estimate of drug-likeness (QED) is 0.817. The number of thioether (sulfide) groups is 1. The summed E-state index contributed by atoms with van der Waals surface area (Å²) in [6, 6.07) is 1.48. The van der Waals surface area contributed by atoms with E-state index in [9.17, 15) is 0 Å². The van der Waals surface area contributed by atoms with Gasteiger partial charge in [0.25, 0.3) is 0 Å². The van der Waals surface area contributed by atoms with Crippen molar-refractivity contribution in [1.82, 2.24) is 10.2 Å². The minimum Gasteiger partial charge on any atom is -0.310 e. The summed E-state index contributed by atoms with van der Waals surface area (Å²) in [6.45, 7) is 4.97. The predicted octanol–water partition coefficient (Wildman–Crippen LogP) is 2.20. The molecule has 94 valence electrons. The molecule has 2 saturated heterocycles. The van der Waals surface area contributed by atoms with Crippen LogP contribution in [-0.4, -0.2) is 48.6 Å². The summed E-state index contributed by atoms with van der Waals surface area (Å²) in [4.78, 5) is 2.49. The number of likely N-dealkylation sites (tertiary alicyclic amines) is 1. The zero-order valence-electron chi connectivity index (χ0n) is 10.7. The van der Waals surface area contributed by atoms with Crippen LogP contribution in [0.1, 0.15) is 32.6 Å². The van der Waals surface area contributed by atoms with E-state index >= 15 is 0 Å². The Balaban J connectivity index is 1.75. The third-order valence-electron chi connectivity index (χ3n) is 4.03. The molecule has 2 heterocycles.